The fourth-order valence-electron chi connectivity index (χ4n) is 4.31. The maximum Gasteiger partial charge on any atom is 0.219 e. The summed E-state index contributed by atoms with van der Waals surface area (Å²) >= 11 is 0. The molecule has 0 spiro atoms. The average Bonchev–Trinajstić information content (AvgIpc) is 2.75. The molecule has 1 fully saturated rings. The van der Waals surface area contributed by atoms with E-state index in [1.54, 1.807) is 6.92 Å². The van der Waals surface area contributed by atoms with Crippen molar-refractivity contribution in [2.75, 3.05) is 26.2 Å². The lowest BCUT2D eigenvalue weighted by Crippen LogP contribution is -2.38. The molecule has 1 aromatic carbocycles. The number of carbonyl (C=O) groups is 1. The van der Waals surface area contributed by atoms with Crippen molar-refractivity contribution in [3.63, 3.8) is 0 Å². The largest absolute Gasteiger partial charge is 0.494 e. The molecule has 2 aromatic rings. The van der Waals surface area contributed by atoms with Crippen LogP contribution in [-0.4, -0.2) is 51.9 Å². The number of amides is 1. The molecule has 29 heavy (non-hydrogen) atoms. The number of aromatic nitrogens is 2. The van der Waals surface area contributed by atoms with Gasteiger partial charge in [0.2, 0.25) is 5.91 Å². The van der Waals surface area contributed by atoms with Gasteiger partial charge in [0.25, 0.3) is 0 Å². The highest BCUT2D eigenvalue weighted by atomic mass is 16.5. The Hall–Kier alpha value is -2.47. The summed E-state index contributed by atoms with van der Waals surface area (Å²) in [6, 6.07) is 8.37. The second kappa shape index (κ2) is 8.91. The molecule has 0 N–H and O–H groups in total. The molecule has 4 rings (SSSR count). The van der Waals surface area contributed by atoms with Gasteiger partial charge in [-0.1, -0.05) is 12.1 Å². The van der Waals surface area contributed by atoms with Gasteiger partial charge in [0.05, 0.1) is 6.61 Å². The standard InChI is InChI=1S/C23H30N4O2/c1-3-29-21-8-6-18(7-9-21)14-26-12-10-22-20(15-26)13-24-23(25-22)19-5-4-11-27(16-19)17(2)28/h6-9,13,19H,3-5,10-12,14-16H2,1-2H3. The molecule has 2 aliphatic heterocycles. The molecule has 6 heteroatoms. The molecule has 6 nitrogen and oxygen atoms in total. The van der Waals surface area contributed by atoms with Crippen LogP contribution >= 0.6 is 0 Å². The lowest BCUT2D eigenvalue weighted by Gasteiger charge is -2.32. The highest BCUT2D eigenvalue weighted by molar-refractivity contribution is 5.73. The molecule has 1 aromatic heterocycles. The first-order chi connectivity index (χ1) is 14.1. The van der Waals surface area contributed by atoms with Crippen molar-refractivity contribution in [3.8, 4) is 5.75 Å². The summed E-state index contributed by atoms with van der Waals surface area (Å²) in [5, 5.41) is 0. The van der Waals surface area contributed by atoms with E-state index in [1.807, 2.05) is 30.2 Å². The molecule has 0 radical (unpaired) electrons. The fraction of sp³-hybridized carbons (Fsp3) is 0.522. The number of hydrogen-bond acceptors (Lipinski definition) is 5. The van der Waals surface area contributed by atoms with Gasteiger partial charge in [-0.3, -0.25) is 9.69 Å². The van der Waals surface area contributed by atoms with Gasteiger partial charge < -0.3 is 9.64 Å². The topological polar surface area (TPSA) is 58.6 Å². The van der Waals surface area contributed by atoms with E-state index in [2.05, 4.69) is 17.0 Å². The zero-order chi connectivity index (χ0) is 20.2. The van der Waals surface area contributed by atoms with Gasteiger partial charge in [-0.25, -0.2) is 9.97 Å². The Balaban J connectivity index is 1.39. The molecule has 1 amide bonds. The zero-order valence-electron chi connectivity index (χ0n) is 17.4. The summed E-state index contributed by atoms with van der Waals surface area (Å²) in [7, 11) is 0. The minimum absolute atomic E-state index is 0.151. The van der Waals surface area contributed by atoms with Crippen molar-refractivity contribution in [3.05, 3.63) is 53.1 Å². The number of likely N-dealkylation sites (tertiary alicyclic amines) is 1. The number of carbonyl (C=O) groups excluding carboxylic acids is 1. The Bertz CT molecular complexity index is 852. The quantitative estimate of drug-likeness (QED) is 0.780. The van der Waals surface area contributed by atoms with Gasteiger partial charge in [0.1, 0.15) is 11.6 Å². The Morgan fingerprint density at radius 3 is 2.83 bits per heavy atom. The third-order valence-corrected chi connectivity index (χ3v) is 5.90. The summed E-state index contributed by atoms with van der Waals surface area (Å²) in [5.41, 5.74) is 3.70. The van der Waals surface area contributed by atoms with Crippen LogP contribution in [0.5, 0.6) is 5.75 Å². The summed E-state index contributed by atoms with van der Waals surface area (Å²) < 4.78 is 5.53. The first-order valence-corrected chi connectivity index (χ1v) is 10.7. The Morgan fingerprint density at radius 2 is 2.07 bits per heavy atom. The SMILES string of the molecule is CCOc1ccc(CN2CCc3nc(C4CCCN(C(C)=O)C4)ncc3C2)cc1. The average molecular weight is 395 g/mol. The molecule has 0 bridgehead atoms. The summed E-state index contributed by atoms with van der Waals surface area (Å²) in [6.07, 6.45) is 5.05. The van der Waals surface area contributed by atoms with E-state index in [-0.39, 0.29) is 11.8 Å². The first kappa shape index (κ1) is 19.8. The summed E-state index contributed by atoms with van der Waals surface area (Å²) in [4.78, 5) is 25.7. The predicted molar refractivity (Wildman–Crippen MR) is 112 cm³/mol. The highest BCUT2D eigenvalue weighted by Gasteiger charge is 2.26. The van der Waals surface area contributed by atoms with Crippen LogP contribution in [0.25, 0.3) is 0 Å². The fourth-order valence-corrected chi connectivity index (χ4v) is 4.31. The van der Waals surface area contributed by atoms with Crippen LogP contribution < -0.4 is 4.74 Å². The molecule has 1 saturated heterocycles. The number of ether oxygens (including phenoxy) is 1. The van der Waals surface area contributed by atoms with Crippen molar-refractivity contribution in [1.29, 1.82) is 0 Å². The van der Waals surface area contributed by atoms with E-state index in [0.717, 1.165) is 63.6 Å². The smallest absolute Gasteiger partial charge is 0.219 e. The second-order valence-corrected chi connectivity index (χ2v) is 8.04. The van der Waals surface area contributed by atoms with E-state index in [4.69, 9.17) is 14.7 Å². The van der Waals surface area contributed by atoms with E-state index >= 15 is 0 Å². The molecule has 154 valence electrons. The number of benzene rings is 1. The van der Waals surface area contributed by atoms with Crippen LogP contribution in [0.3, 0.4) is 0 Å². The maximum atomic E-state index is 11.7. The minimum Gasteiger partial charge on any atom is -0.494 e. The molecule has 2 aliphatic rings. The third-order valence-electron chi connectivity index (χ3n) is 5.90. The summed E-state index contributed by atoms with van der Waals surface area (Å²) in [5.74, 6) is 2.25. The van der Waals surface area contributed by atoms with Gasteiger partial charge in [0.15, 0.2) is 0 Å². The van der Waals surface area contributed by atoms with Crippen LogP contribution in [0, 0.1) is 0 Å². The normalized spacial score (nSPS) is 19.7. The maximum absolute atomic E-state index is 11.7. The van der Waals surface area contributed by atoms with Crippen LogP contribution in [0.2, 0.25) is 0 Å². The monoisotopic (exact) mass is 394 g/mol. The van der Waals surface area contributed by atoms with Crippen LogP contribution in [0.1, 0.15) is 55.3 Å². The summed E-state index contributed by atoms with van der Waals surface area (Å²) in [6.45, 7) is 8.75. The minimum atomic E-state index is 0.151. The van der Waals surface area contributed by atoms with Crippen molar-refractivity contribution < 1.29 is 9.53 Å². The van der Waals surface area contributed by atoms with Gasteiger partial charge in [-0.05, 0) is 37.5 Å². The lowest BCUT2D eigenvalue weighted by atomic mass is 9.96. The lowest BCUT2D eigenvalue weighted by molar-refractivity contribution is -0.130. The number of rotatable bonds is 5. The van der Waals surface area contributed by atoms with Gasteiger partial charge in [0, 0.05) is 69.4 Å². The molecule has 1 atom stereocenters. The number of piperidine rings is 1. The second-order valence-electron chi connectivity index (χ2n) is 8.04. The molecule has 3 heterocycles. The van der Waals surface area contributed by atoms with E-state index in [9.17, 15) is 4.79 Å². The highest BCUT2D eigenvalue weighted by Crippen LogP contribution is 2.27. The predicted octanol–water partition coefficient (Wildman–Crippen LogP) is 3.16. The first-order valence-electron chi connectivity index (χ1n) is 10.7. The Morgan fingerprint density at radius 1 is 1.24 bits per heavy atom. The molecular weight excluding hydrogens is 364 g/mol. The Labute approximate surface area is 172 Å². The van der Waals surface area contributed by atoms with Crippen molar-refractivity contribution >= 4 is 5.91 Å². The van der Waals surface area contributed by atoms with Gasteiger partial charge >= 0.3 is 0 Å². The molecular formula is C23H30N4O2. The number of fused-ring (bicyclic) bond motifs is 1. The van der Waals surface area contributed by atoms with Gasteiger partial charge in [-0.15, -0.1) is 0 Å². The van der Waals surface area contributed by atoms with Gasteiger partial charge in [-0.2, -0.15) is 0 Å². The van der Waals surface area contributed by atoms with Crippen molar-refractivity contribution in [2.45, 2.75) is 52.1 Å². The van der Waals surface area contributed by atoms with Crippen LogP contribution in [0.4, 0.5) is 0 Å². The van der Waals surface area contributed by atoms with Crippen molar-refractivity contribution in [2.24, 2.45) is 0 Å². The third kappa shape index (κ3) is 4.75. The number of hydrogen-bond donors (Lipinski definition) is 0. The number of nitrogens with zero attached hydrogens (tertiary/aromatic N) is 4. The van der Waals surface area contributed by atoms with E-state index in [0.29, 0.717) is 6.61 Å². The zero-order valence-corrected chi connectivity index (χ0v) is 17.4. The van der Waals surface area contributed by atoms with E-state index in [1.165, 1.54) is 16.8 Å². The van der Waals surface area contributed by atoms with Crippen LogP contribution in [0.15, 0.2) is 30.5 Å². The van der Waals surface area contributed by atoms with Crippen LogP contribution in [-0.2, 0) is 24.3 Å². The Kier molecular flexibility index (Phi) is 6.09. The molecule has 0 saturated carbocycles. The van der Waals surface area contributed by atoms with Crippen molar-refractivity contribution in [1.82, 2.24) is 19.8 Å². The van der Waals surface area contributed by atoms with E-state index < -0.39 is 0 Å². The molecule has 0 aliphatic carbocycles. The molecule has 1 unspecified atom stereocenters.